The highest BCUT2D eigenvalue weighted by Crippen LogP contribution is 2.27. The van der Waals surface area contributed by atoms with Crippen molar-refractivity contribution < 1.29 is 13.2 Å². The van der Waals surface area contributed by atoms with E-state index in [1.807, 2.05) is 32.9 Å². The maximum Gasteiger partial charge on any atom is 0.245 e. The summed E-state index contributed by atoms with van der Waals surface area (Å²) in [4.78, 5) is 12.4. The van der Waals surface area contributed by atoms with E-state index in [2.05, 4.69) is 5.32 Å². The van der Waals surface area contributed by atoms with Crippen LogP contribution in [-0.2, 0) is 14.8 Å². The Labute approximate surface area is 153 Å². The number of hydrogen-bond acceptors (Lipinski definition) is 3. The third kappa shape index (κ3) is 4.96. The van der Waals surface area contributed by atoms with Crippen LogP contribution in [0.5, 0.6) is 0 Å². The lowest BCUT2D eigenvalue weighted by atomic mass is 10.1. The maximum atomic E-state index is 12.4. The summed E-state index contributed by atoms with van der Waals surface area (Å²) in [7, 11) is -3.61. The average molecular weight is 381 g/mol. The highest BCUT2D eigenvalue weighted by Gasteiger charge is 2.21. The SMILES string of the molecule is Cc1cccc(N(CC(=O)Nc2c(C)cc(C)cc2Cl)S(C)(=O)=O)c1. The summed E-state index contributed by atoms with van der Waals surface area (Å²) in [5, 5.41) is 3.14. The van der Waals surface area contributed by atoms with Gasteiger partial charge in [0.2, 0.25) is 15.9 Å². The number of carbonyl (C=O) groups is 1. The van der Waals surface area contributed by atoms with Crippen molar-refractivity contribution in [3.63, 3.8) is 0 Å². The van der Waals surface area contributed by atoms with Gasteiger partial charge >= 0.3 is 0 Å². The summed E-state index contributed by atoms with van der Waals surface area (Å²) < 4.78 is 25.3. The van der Waals surface area contributed by atoms with E-state index in [0.29, 0.717) is 16.4 Å². The number of benzene rings is 2. The molecule has 1 amide bonds. The molecule has 0 aliphatic rings. The van der Waals surface area contributed by atoms with E-state index in [1.54, 1.807) is 24.3 Å². The number of rotatable bonds is 5. The van der Waals surface area contributed by atoms with E-state index in [-0.39, 0.29) is 6.54 Å². The number of nitrogens with one attached hydrogen (secondary N) is 1. The van der Waals surface area contributed by atoms with Gasteiger partial charge in [0.05, 0.1) is 22.7 Å². The van der Waals surface area contributed by atoms with E-state index in [1.165, 1.54) is 0 Å². The van der Waals surface area contributed by atoms with Crippen LogP contribution in [-0.4, -0.2) is 27.1 Å². The van der Waals surface area contributed by atoms with Crippen LogP contribution >= 0.6 is 11.6 Å². The van der Waals surface area contributed by atoms with Crippen LogP contribution in [0.4, 0.5) is 11.4 Å². The van der Waals surface area contributed by atoms with Gasteiger partial charge in [-0.1, -0.05) is 29.8 Å². The second-order valence-corrected chi connectivity index (χ2v) is 8.41. The minimum absolute atomic E-state index is 0.327. The third-order valence-electron chi connectivity index (χ3n) is 3.67. The molecule has 2 aromatic carbocycles. The minimum Gasteiger partial charge on any atom is -0.323 e. The third-order valence-corrected chi connectivity index (χ3v) is 5.11. The van der Waals surface area contributed by atoms with Crippen molar-refractivity contribution >= 4 is 38.9 Å². The van der Waals surface area contributed by atoms with Crippen molar-refractivity contribution in [1.82, 2.24) is 0 Å². The molecular weight excluding hydrogens is 360 g/mol. The molecule has 1 N–H and O–H groups in total. The minimum atomic E-state index is -3.61. The van der Waals surface area contributed by atoms with Gasteiger partial charge in [0.15, 0.2) is 0 Å². The van der Waals surface area contributed by atoms with Crippen LogP contribution in [0.3, 0.4) is 0 Å². The first-order valence-electron chi connectivity index (χ1n) is 7.69. The van der Waals surface area contributed by atoms with Crippen molar-refractivity contribution in [2.24, 2.45) is 0 Å². The van der Waals surface area contributed by atoms with Crippen molar-refractivity contribution in [2.75, 3.05) is 22.4 Å². The zero-order valence-corrected chi connectivity index (χ0v) is 16.2. The monoisotopic (exact) mass is 380 g/mol. The number of nitrogens with zero attached hydrogens (tertiary/aromatic N) is 1. The molecule has 5 nitrogen and oxygen atoms in total. The van der Waals surface area contributed by atoms with Crippen LogP contribution in [0.1, 0.15) is 16.7 Å². The molecule has 2 aromatic rings. The van der Waals surface area contributed by atoms with Crippen molar-refractivity contribution in [1.29, 1.82) is 0 Å². The van der Waals surface area contributed by atoms with Gasteiger partial charge in [0, 0.05) is 0 Å². The highest BCUT2D eigenvalue weighted by molar-refractivity contribution is 7.92. The molecule has 7 heteroatoms. The Morgan fingerprint density at radius 3 is 2.36 bits per heavy atom. The molecule has 0 aliphatic carbocycles. The molecular formula is C18H21ClN2O3S. The number of hydrogen-bond donors (Lipinski definition) is 1. The summed E-state index contributed by atoms with van der Waals surface area (Å²) in [5.74, 6) is -0.458. The molecule has 0 aliphatic heterocycles. The smallest absolute Gasteiger partial charge is 0.245 e. The highest BCUT2D eigenvalue weighted by atomic mass is 35.5. The molecule has 134 valence electrons. The number of aryl methyl sites for hydroxylation is 3. The first-order chi connectivity index (χ1) is 11.6. The Kier molecular flexibility index (Phi) is 5.75. The van der Waals surface area contributed by atoms with Gasteiger partial charge in [0.25, 0.3) is 0 Å². The van der Waals surface area contributed by atoms with E-state index < -0.39 is 15.9 Å². The number of halogens is 1. The summed E-state index contributed by atoms with van der Waals surface area (Å²) >= 11 is 6.20. The van der Waals surface area contributed by atoms with E-state index in [9.17, 15) is 13.2 Å². The lowest BCUT2D eigenvalue weighted by Gasteiger charge is -2.22. The van der Waals surface area contributed by atoms with E-state index in [4.69, 9.17) is 11.6 Å². The molecule has 25 heavy (non-hydrogen) atoms. The first-order valence-corrected chi connectivity index (χ1v) is 9.91. The number of sulfonamides is 1. The van der Waals surface area contributed by atoms with Crippen LogP contribution < -0.4 is 9.62 Å². The predicted octanol–water partition coefficient (Wildman–Crippen LogP) is 3.67. The Bertz CT molecular complexity index is 887. The average Bonchev–Trinajstić information content (AvgIpc) is 2.47. The fraction of sp³-hybridized carbons (Fsp3) is 0.278. The summed E-state index contributed by atoms with van der Waals surface area (Å²) in [5.41, 5.74) is 3.65. The lowest BCUT2D eigenvalue weighted by molar-refractivity contribution is -0.114. The maximum absolute atomic E-state index is 12.4. The number of carbonyl (C=O) groups excluding carboxylic acids is 1. The molecule has 0 spiro atoms. The van der Waals surface area contributed by atoms with Gasteiger partial charge in [0.1, 0.15) is 6.54 Å². The van der Waals surface area contributed by atoms with Crippen LogP contribution in [0.2, 0.25) is 5.02 Å². The zero-order chi connectivity index (χ0) is 18.8. The zero-order valence-electron chi connectivity index (χ0n) is 14.6. The summed E-state index contributed by atoms with van der Waals surface area (Å²) in [6, 6.07) is 10.6. The van der Waals surface area contributed by atoms with Crippen LogP contribution in [0.15, 0.2) is 36.4 Å². The standard InChI is InChI=1S/C18H21ClN2O3S/c1-12-6-5-7-15(9-12)21(25(4,23)24)11-17(22)20-18-14(3)8-13(2)10-16(18)19/h5-10H,11H2,1-4H3,(H,20,22). The van der Waals surface area contributed by atoms with Gasteiger partial charge in [-0.2, -0.15) is 0 Å². The second kappa shape index (κ2) is 7.45. The fourth-order valence-electron chi connectivity index (χ4n) is 2.57. The fourth-order valence-corrected chi connectivity index (χ4v) is 3.78. The molecule has 2 rings (SSSR count). The molecule has 0 atom stereocenters. The summed E-state index contributed by atoms with van der Waals surface area (Å²) in [6.45, 7) is 5.28. The second-order valence-electron chi connectivity index (χ2n) is 6.10. The quantitative estimate of drug-likeness (QED) is 0.860. The molecule has 0 aromatic heterocycles. The Balaban J connectivity index is 2.27. The summed E-state index contributed by atoms with van der Waals surface area (Å²) in [6.07, 6.45) is 1.08. The van der Waals surface area contributed by atoms with Gasteiger partial charge in [-0.05, 0) is 55.7 Å². The molecule has 0 fully saturated rings. The number of anilines is 2. The molecule has 0 heterocycles. The molecule has 0 unspecified atom stereocenters. The molecule has 0 bridgehead atoms. The van der Waals surface area contributed by atoms with E-state index in [0.717, 1.165) is 27.3 Å². The molecule has 0 saturated heterocycles. The predicted molar refractivity (Wildman–Crippen MR) is 103 cm³/mol. The Hall–Kier alpha value is -2.05. The molecule has 0 radical (unpaired) electrons. The van der Waals surface area contributed by atoms with Crippen molar-refractivity contribution in [3.05, 3.63) is 58.1 Å². The van der Waals surface area contributed by atoms with Crippen molar-refractivity contribution in [2.45, 2.75) is 20.8 Å². The van der Waals surface area contributed by atoms with Gasteiger partial charge < -0.3 is 5.32 Å². The Morgan fingerprint density at radius 1 is 1.12 bits per heavy atom. The van der Waals surface area contributed by atoms with Gasteiger partial charge in [-0.15, -0.1) is 0 Å². The normalized spacial score (nSPS) is 11.2. The van der Waals surface area contributed by atoms with Crippen LogP contribution in [0, 0.1) is 20.8 Å². The molecule has 0 saturated carbocycles. The van der Waals surface area contributed by atoms with Crippen LogP contribution in [0.25, 0.3) is 0 Å². The van der Waals surface area contributed by atoms with Gasteiger partial charge in [-0.25, -0.2) is 8.42 Å². The van der Waals surface area contributed by atoms with E-state index >= 15 is 0 Å². The largest absolute Gasteiger partial charge is 0.323 e. The lowest BCUT2D eigenvalue weighted by Crippen LogP contribution is -2.37. The van der Waals surface area contributed by atoms with Gasteiger partial charge in [-0.3, -0.25) is 9.10 Å². The first kappa shape index (κ1) is 19.3. The Morgan fingerprint density at radius 2 is 1.80 bits per heavy atom. The van der Waals surface area contributed by atoms with Crippen molar-refractivity contribution in [3.8, 4) is 0 Å². The number of amides is 1. The topological polar surface area (TPSA) is 66.5 Å².